The normalized spacial score (nSPS) is 16.3. The van der Waals surface area contributed by atoms with Gasteiger partial charge in [0.25, 0.3) is 0 Å². The van der Waals surface area contributed by atoms with Crippen LogP contribution < -0.4 is 15.8 Å². The second kappa shape index (κ2) is 10.4. The van der Waals surface area contributed by atoms with Crippen molar-refractivity contribution in [2.45, 2.75) is 36.8 Å². The van der Waals surface area contributed by atoms with Crippen LogP contribution in [0.3, 0.4) is 0 Å². The number of amidine groups is 1. The van der Waals surface area contributed by atoms with E-state index in [0.29, 0.717) is 23.3 Å². The van der Waals surface area contributed by atoms with Crippen LogP contribution in [0.1, 0.15) is 29.5 Å². The minimum Gasteiger partial charge on any atom is -0.480 e. The van der Waals surface area contributed by atoms with Crippen molar-refractivity contribution >= 4 is 33.4 Å². The second-order valence-corrected chi connectivity index (χ2v) is 9.51. The number of aryl methyl sites for hydroxylation is 1. The highest BCUT2D eigenvalue weighted by atomic mass is 32.2. The maximum atomic E-state index is 12.5. The fraction of sp³-hybridized carbons (Fsp3) is 0.273. The van der Waals surface area contributed by atoms with Crippen molar-refractivity contribution in [3.8, 4) is 0 Å². The quantitative estimate of drug-likeness (QED) is 0.241. The molecule has 0 bridgehead atoms. The summed E-state index contributed by atoms with van der Waals surface area (Å²) in [6.07, 6.45) is -0.278. The summed E-state index contributed by atoms with van der Waals surface area (Å²) in [4.78, 5) is 29.1. The van der Waals surface area contributed by atoms with Gasteiger partial charge in [-0.05, 0) is 30.2 Å². The van der Waals surface area contributed by atoms with E-state index in [2.05, 4.69) is 15.2 Å². The molecule has 1 heterocycles. The van der Waals surface area contributed by atoms with Gasteiger partial charge in [-0.2, -0.15) is 4.72 Å². The number of hydrogen-bond donors (Lipinski definition) is 5. The first-order chi connectivity index (χ1) is 16.0. The number of sulfonamides is 1. The Morgan fingerprint density at radius 3 is 2.59 bits per heavy atom. The summed E-state index contributed by atoms with van der Waals surface area (Å²) in [5.74, 6) is -1.98. The number of oxime groups is 1. The van der Waals surface area contributed by atoms with Gasteiger partial charge >= 0.3 is 5.97 Å². The molecule has 0 saturated heterocycles. The van der Waals surface area contributed by atoms with Crippen molar-refractivity contribution < 1.29 is 28.0 Å². The molecule has 2 aromatic carbocycles. The van der Waals surface area contributed by atoms with E-state index in [1.165, 1.54) is 12.1 Å². The number of benzene rings is 2. The number of hydrogen-bond acceptors (Lipinski definition) is 7. The predicted octanol–water partition coefficient (Wildman–Crippen LogP) is 0.710. The van der Waals surface area contributed by atoms with E-state index < -0.39 is 40.6 Å². The number of rotatable bonds is 10. The summed E-state index contributed by atoms with van der Waals surface area (Å²) in [5.41, 5.74) is 8.12. The smallest absolute Gasteiger partial charge is 0.323 e. The molecule has 34 heavy (non-hydrogen) atoms. The molecule has 2 aromatic rings. The van der Waals surface area contributed by atoms with Crippen molar-refractivity contribution in [3.05, 3.63) is 65.2 Å². The Morgan fingerprint density at radius 1 is 1.26 bits per heavy atom. The number of nitrogens with zero attached hydrogens (tertiary/aromatic N) is 1. The van der Waals surface area contributed by atoms with Gasteiger partial charge in [-0.1, -0.05) is 41.6 Å². The molecule has 1 aliphatic rings. The molecule has 0 aromatic heterocycles. The number of carbonyl (C=O) groups excluding carboxylic acids is 1. The minimum absolute atomic E-state index is 0.0495. The molecule has 11 nitrogen and oxygen atoms in total. The zero-order chi connectivity index (χ0) is 24.9. The number of aliphatic carboxylic acids is 1. The maximum Gasteiger partial charge on any atom is 0.323 e. The molecule has 1 amide bonds. The number of nitrogens with two attached hydrogens (primary N) is 1. The number of nitrogen functional groups attached to an aromatic ring is 1. The zero-order valence-electron chi connectivity index (χ0n) is 18.3. The Hall–Kier alpha value is -3.77. The highest BCUT2D eigenvalue weighted by Crippen LogP contribution is 2.19. The molecule has 0 unspecified atom stereocenters. The lowest BCUT2D eigenvalue weighted by atomic mass is 10.0. The first-order valence-corrected chi connectivity index (χ1v) is 11.8. The van der Waals surface area contributed by atoms with E-state index in [4.69, 9.17) is 16.0 Å². The first kappa shape index (κ1) is 24.9. The molecular weight excluding hydrogens is 462 g/mol. The largest absolute Gasteiger partial charge is 0.480 e. The SMILES string of the molecule is Cc1cccc(S(=O)(=O)N[C@@H](CNC(=O)C[C@H]2CC(c3ccc(C(=N)N)cc3)=NO2)C(=O)O)c1. The third-order valence-corrected chi connectivity index (χ3v) is 6.54. The van der Waals surface area contributed by atoms with Crippen LogP contribution in [0.25, 0.3) is 0 Å². The third kappa shape index (κ3) is 6.39. The minimum atomic E-state index is -4.09. The summed E-state index contributed by atoms with van der Waals surface area (Å²) >= 11 is 0. The fourth-order valence-corrected chi connectivity index (χ4v) is 4.56. The van der Waals surface area contributed by atoms with Gasteiger partial charge in [-0.25, -0.2) is 8.42 Å². The lowest BCUT2D eigenvalue weighted by Crippen LogP contribution is -2.48. The van der Waals surface area contributed by atoms with Crippen LogP contribution >= 0.6 is 0 Å². The topological polar surface area (TPSA) is 184 Å². The summed E-state index contributed by atoms with van der Waals surface area (Å²) < 4.78 is 27.1. The molecule has 3 rings (SSSR count). The van der Waals surface area contributed by atoms with E-state index in [0.717, 1.165) is 5.56 Å². The van der Waals surface area contributed by atoms with Crippen LogP contribution in [-0.2, 0) is 24.4 Å². The molecule has 0 spiro atoms. The zero-order valence-corrected chi connectivity index (χ0v) is 19.1. The van der Waals surface area contributed by atoms with Gasteiger partial charge in [-0.3, -0.25) is 15.0 Å². The molecule has 180 valence electrons. The van der Waals surface area contributed by atoms with Gasteiger partial charge in [0.1, 0.15) is 18.0 Å². The Labute approximate surface area is 196 Å². The molecule has 0 aliphatic carbocycles. The number of carboxylic acids is 1. The number of carbonyl (C=O) groups is 2. The van der Waals surface area contributed by atoms with Crippen LogP contribution in [0.15, 0.2) is 58.6 Å². The second-order valence-electron chi connectivity index (χ2n) is 7.80. The lowest BCUT2D eigenvalue weighted by Gasteiger charge is -2.16. The van der Waals surface area contributed by atoms with Gasteiger partial charge in [0, 0.05) is 18.5 Å². The van der Waals surface area contributed by atoms with Crippen LogP contribution in [0.5, 0.6) is 0 Å². The third-order valence-electron chi connectivity index (χ3n) is 5.07. The highest BCUT2D eigenvalue weighted by Gasteiger charge is 2.28. The standard InChI is InChI=1S/C22H25N5O6S/c1-13-3-2-4-17(9-13)34(31,32)27-19(22(29)30)12-25-20(28)11-16-10-18(26-33-16)14-5-7-15(8-6-14)21(23)24/h2-9,16,19,27H,10-12H2,1H3,(H3,23,24)(H,25,28)(H,29,30)/t16-,19+/m1/s1. The van der Waals surface area contributed by atoms with Gasteiger partial charge < -0.3 is 21.0 Å². The molecular formula is C22H25N5O6S. The molecule has 12 heteroatoms. The van der Waals surface area contributed by atoms with E-state index in [1.54, 1.807) is 43.3 Å². The summed E-state index contributed by atoms with van der Waals surface area (Å²) in [6.45, 7) is 1.28. The maximum absolute atomic E-state index is 12.5. The molecule has 2 atom stereocenters. The van der Waals surface area contributed by atoms with E-state index in [1.807, 2.05) is 0 Å². The van der Waals surface area contributed by atoms with Crippen LogP contribution in [-0.4, -0.2) is 55.6 Å². The molecule has 0 fully saturated rings. The number of amides is 1. The van der Waals surface area contributed by atoms with Gasteiger partial charge in [0.2, 0.25) is 15.9 Å². The fourth-order valence-electron chi connectivity index (χ4n) is 3.26. The molecule has 0 saturated carbocycles. The average molecular weight is 488 g/mol. The molecule has 0 radical (unpaired) electrons. The first-order valence-electron chi connectivity index (χ1n) is 10.3. The van der Waals surface area contributed by atoms with E-state index in [-0.39, 0.29) is 17.2 Å². The van der Waals surface area contributed by atoms with Gasteiger partial charge in [-0.15, -0.1) is 0 Å². The number of nitrogens with one attached hydrogen (secondary N) is 3. The van der Waals surface area contributed by atoms with Gasteiger partial charge in [0.15, 0.2) is 0 Å². The van der Waals surface area contributed by atoms with Gasteiger partial charge in [0.05, 0.1) is 17.0 Å². The molecule has 1 aliphatic heterocycles. The Balaban J connectivity index is 1.52. The van der Waals surface area contributed by atoms with Crippen molar-refractivity contribution in [2.24, 2.45) is 10.9 Å². The van der Waals surface area contributed by atoms with Crippen molar-refractivity contribution in [1.82, 2.24) is 10.0 Å². The summed E-state index contributed by atoms with van der Waals surface area (Å²) in [7, 11) is -4.09. The van der Waals surface area contributed by atoms with Crippen molar-refractivity contribution in [2.75, 3.05) is 6.54 Å². The highest BCUT2D eigenvalue weighted by molar-refractivity contribution is 7.89. The predicted molar refractivity (Wildman–Crippen MR) is 124 cm³/mol. The Kier molecular flexibility index (Phi) is 7.64. The molecule has 6 N–H and O–H groups in total. The van der Waals surface area contributed by atoms with Crippen molar-refractivity contribution in [1.29, 1.82) is 5.41 Å². The van der Waals surface area contributed by atoms with Crippen molar-refractivity contribution in [3.63, 3.8) is 0 Å². The summed E-state index contributed by atoms with van der Waals surface area (Å²) in [5, 5.41) is 23.3. The number of carboxylic acid groups (broad SMARTS) is 1. The van der Waals surface area contributed by atoms with E-state index >= 15 is 0 Å². The van der Waals surface area contributed by atoms with Crippen LogP contribution in [0, 0.1) is 12.3 Å². The van der Waals surface area contributed by atoms with E-state index in [9.17, 15) is 23.1 Å². The summed E-state index contributed by atoms with van der Waals surface area (Å²) in [6, 6.07) is 11.4. The van der Waals surface area contributed by atoms with Crippen LogP contribution in [0.2, 0.25) is 0 Å². The average Bonchev–Trinajstić information content (AvgIpc) is 3.25. The monoisotopic (exact) mass is 487 g/mol. The van der Waals surface area contributed by atoms with Crippen LogP contribution in [0.4, 0.5) is 0 Å². The Morgan fingerprint density at radius 2 is 1.97 bits per heavy atom. The lowest BCUT2D eigenvalue weighted by molar-refractivity contribution is -0.138. The Bertz CT molecular complexity index is 1230.